The number of nitrogens with one attached hydrogen (secondary N) is 1. The maximum Gasteiger partial charge on any atom is 0.306 e. The number of carbonyl (C=O) groups excluding carboxylic acids is 2. The van der Waals surface area contributed by atoms with Crippen molar-refractivity contribution in [1.29, 1.82) is 0 Å². The summed E-state index contributed by atoms with van der Waals surface area (Å²) in [5.74, 6) is -2.42. The van der Waals surface area contributed by atoms with Crippen LogP contribution < -0.4 is 24.3 Å². The predicted molar refractivity (Wildman–Crippen MR) is 163 cm³/mol. The Morgan fingerprint density at radius 2 is 1.53 bits per heavy atom. The first-order valence-corrected chi connectivity index (χ1v) is 15.5. The van der Waals surface area contributed by atoms with Crippen molar-refractivity contribution in [2.24, 2.45) is 0 Å². The summed E-state index contributed by atoms with van der Waals surface area (Å²) in [6, 6.07) is 4.59. The second-order valence-corrected chi connectivity index (χ2v) is 11.7. The van der Waals surface area contributed by atoms with Crippen molar-refractivity contribution >= 4 is 33.2 Å². The fraction of sp³-hybridized carbons (Fsp3) is 0.484. The molecule has 0 amide bonds. The Morgan fingerprint density at radius 1 is 0.894 bits per heavy atom. The Bertz CT molecular complexity index is 1570. The van der Waals surface area contributed by atoms with Crippen LogP contribution in [0.15, 0.2) is 18.2 Å². The minimum Gasteiger partial charge on any atom is -0.493 e. The molecule has 0 fully saturated rings. The molecule has 3 aromatic rings. The Morgan fingerprint density at radius 3 is 2.19 bits per heavy atom. The van der Waals surface area contributed by atoms with Gasteiger partial charge in [0, 0.05) is 47.6 Å². The van der Waals surface area contributed by atoms with Crippen LogP contribution in [0.25, 0.3) is 10.1 Å². The first-order chi connectivity index (χ1) is 22.5. The number of Topliss-reactive ketones (excluding diaryl/α,β-unsaturated/α-hetero) is 1. The zero-order chi connectivity index (χ0) is 34.2. The lowest BCUT2D eigenvalue weighted by Crippen LogP contribution is -2.47. The number of thiophene rings is 1. The molecule has 2 aromatic carbocycles. The Kier molecular flexibility index (Phi) is 12.7. The van der Waals surface area contributed by atoms with Crippen molar-refractivity contribution in [2.45, 2.75) is 56.8 Å². The molecular weight excluding hydrogens is 648 g/mol. The monoisotopic (exact) mass is 685 g/mol. The highest BCUT2D eigenvalue weighted by atomic mass is 32.1. The Hall–Kier alpha value is -3.64. The Labute approximate surface area is 272 Å². The van der Waals surface area contributed by atoms with Crippen molar-refractivity contribution < 1.29 is 67.6 Å². The molecule has 6 N–H and O–H groups in total. The fourth-order valence-electron chi connectivity index (χ4n) is 4.84. The van der Waals surface area contributed by atoms with Crippen LogP contribution in [0.5, 0.6) is 23.0 Å². The van der Waals surface area contributed by atoms with E-state index in [1.165, 1.54) is 26.4 Å². The molecule has 0 bridgehead atoms. The van der Waals surface area contributed by atoms with Gasteiger partial charge >= 0.3 is 5.97 Å². The molecule has 2 heterocycles. The molecule has 0 saturated heterocycles. The van der Waals surface area contributed by atoms with E-state index in [0.717, 1.165) is 16.9 Å². The number of ether oxygens (including phenoxy) is 5. The topological polar surface area (TPSA) is 193 Å². The normalized spacial score (nSPS) is 15.1. The average molecular weight is 686 g/mol. The second-order valence-electron chi connectivity index (χ2n) is 10.7. The molecule has 13 nitrogen and oxygen atoms in total. The molecule has 16 heteroatoms. The lowest BCUT2D eigenvalue weighted by atomic mass is 10.0. The molecule has 0 spiro atoms. The highest BCUT2D eigenvalue weighted by Crippen LogP contribution is 2.41. The molecule has 4 rings (SSSR count). The summed E-state index contributed by atoms with van der Waals surface area (Å²) >= 11 is 0.988. The van der Waals surface area contributed by atoms with Gasteiger partial charge in [-0.3, -0.25) is 9.59 Å². The molecule has 258 valence electrons. The minimum atomic E-state index is -1.90. The van der Waals surface area contributed by atoms with Gasteiger partial charge in [-0.15, -0.1) is 11.3 Å². The van der Waals surface area contributed by atoms with E-state index in [9.17, 15) is 34.4 Å². The lowest BCUT2D eigenvalue weighted by molar-refractivity contribution is -0.156. The van der Waals surface area contributed by atoms with Gasteiger partial charge in [0.25, 0.3) is 0 Å². The highest BCUT2D eigenvalue weighted by Gasteiger charge is 2.31. The quantitative estimate of drug-likeness (QED) is 0.0643. The van der Waals surface area contributed by atoms with Gasteiger partial charge in [-0.05, 0) is 17.7 Å². The van der Waals surface area contributed by atoms with E-state index in [2.05, 4.69) is 5.32 Å². The molecule has 1 aliphatic heterocycles. The number of methoxy groups -OCH3 is 2. The van der Waals surface area contributed by atoms with Crippen molar-refractivity contribution in [1.82, 2.24) is 5.32 Å². The third-order valence-corrected chi connectivity index (χ3v) is 8.60. The second kappa shape index (κ2) is 16.5. The smallest absolute Gasteiger partial charge is 0.306 e. The number of fused-ring (bicyclic) bond motifs is 2. The van der Waals surface area contributed by atoms with E-state index < -0.39 is 67.4 Å². The van der Waals surface area contributed by atoms with Crippen LogP contribution in [0.1, 0.15) is 40.1 Å². The molecular formula is C31H37F2NO12S. The van der Waals surface area contributed by atoms with E-state index >= 15 is 4.39 Å². The predicted octanol–water partition coefficient (Wildman–Crippen LogP) is 1.59. The van der Waals surface area contributed by atoms with Crippen LogP contribution >= 0.6 is 11.3 Å². The van der Waals surface area contributed by atoms with E-state index in [0.29, 0.717) is 23.4 Å². The number of hydrogen-bond donors (Lipinski definition) is 6. The van der Waals surface area contributed by atoms with Crippen molar-refractivity contribution in [3.05, 3.63) is 45.8 Å². The number of hydrogen-bond acceptors (Lipinski definition) is 14. The van der Waals surface area contributed by atoms with E-state index in [4.69, 9.17) is 28.8 Å². The summed E-state index contributed by atoms with van der Waals surface area (Å²) in [6.45, 7) is -0.615. The van der Waals surface area contributed by atoms with Gasteiger partial charge in [-0.25, -0.2) is 8.78 Å². The maximum absolute atomic E-state index is 15.6. The van der Waals surface area contributed by atoms with Gasteiger partial charge in [0.2, 0.25) is 0 Å². The number of rotatable bonds is 18. The number of benzene rings is 2. The average Bonchev–Trinajstić information content (AvgIpc) is 3.74. The molecule has 47 heavy (non-hydrogen) atoms. The van der Waals surface area contributed by atoms with Gasteiger partial charge in [-0.2, -0.15) is 0 Å². The van der Waals surface area contributed by atoms with Crippen LogP contribution in [-0.2, 0) is 22.6 Å². The number of carbonyl (C=O) groups is 2. The molecule has 0 aliphatic carbocycles. The van der Waals surface area contributed by atoms with Crippen molar-refractivity contribution in [3.8, 4) is 23.0 Å². The Balaban J connectivity index is 1.31. The summed E-state index contributed by atoms with van der Waals surface area (Å²) in [7, 11) is 2.76. The zero-order valence-electron chi connectivity index (χ0n) is 25.7. The largest absolute Gasteiger partial charge is 0.493 e. The zero-order valence-corrected chi connectivity index (χ0v) is 26.5. The third kappa shape index (κ3) is 8.45. The van der Waals surface area contributed by atoms with E-state index in [-0.39, 0.29) is 59.3 Å². The summed E-state index contributed by atoms with van der Waals surface area (Å²) < 4.78 is 57.7. The van der Waals surface area contributed by atoms with Crippen molar-refractivity contribution in [3.63, 3.8) is 0 Å². The van der Waals surface area contributed by atoms with Gasteiger partial charge in [0.1, 0.15) is 31.0 Å². The number of esters is 1. The highest BCUT2D eigenvalue weighted by molar-refractivity contribution is 7.20. The van der Waals surface area contributed by atoms with Gasteiger partial charge in [0.15, 0.2) is 40.4 Å². The first kappa shape index (κ1) is 36.2. The van der Waals surface area contributed by atoms with E-state index in [1.807, 2.05) is 0 Å². The summed E-state index contributed by atoms with van der Waals surface area (Å²) in [5.41, 5.74) is 1.33. The number of halogens is 2. The molecule has 0 radical (unpaired) electrons. The van der Waals surface area contributed by atoms with Crippen LogP contribution in [-0.4, -0.2) is 102 Å². The van der Waals surface area contributed by atoms with Gasteiger partial charge in [-0.1, -0.05) is 0 Å². The molecule has 1 aromatic heterocycles. The minimum absolute atomic E-state index is 0.0000438. The summed E-state index contributed by atoms with van der Waals surface area (Å²) in [4.78, 5) is 25.1. The van der Waals surface area contributed by atoms with Gasteiger partial charge < -0.3 is 54.5 Å². The standard InChI is InChI=1S/C31H37F2NO12S/c1-42-21-8-15-11-34-12-17(15)27(33)30(21)44-6-3-7-45-31-22(43-2)10-23-16(26(31)32)9-24(47-23)18(36)4-5-25(39)46-14-20(38)29(41)28(40)19(37)13-35/h8-10,19-20,28-29,34-35,37-38,40-41H,3-7,11-14H2,1-2H3/t19-,20-,28-,29-/m1/s1. The van der Waals surface area contributed by atoms with Crippen molar-refractivity contribution in [2.75, 3.05) is 40.6 Å². The third-order valence-electron chi connectivity index (χ3n) is 7.47. The van der Waals surface area contributed by atoms with Crippen LogP contribution in [0.2, 0.25) is 0 Å². The number of ketones is 1. The molecule has 0 unspecified atom stereocenters. The number of aliphatic hydroxyl groups excluding tert-OH is 5. The maximum atomic E-state index is 15.6. The van der Waals surface area contributed by atoms with Crippen LogP contribution in [0.3, 0.4) is 0 Å². The van der Waals surface area contributed by atoms with Crippen LogP contribution in [0, 0.1) is 11.6 Å². The lowest BCUT2D eigenvalue weighted by Gasteiger charge is -2.25. The van der Waals surface area contributed by atoms with Gasteiger partial charge in [0.05, 0.1) is 45.3 Å². The molecule has 1 aliphatic rings. The first-order valence-electron chi connectivity index (χ1n) is 14.7. The SMILES string of the molecule is COc1cc2c(c(F)c1OCCCOc1c(OC)cc3sc(C(=O)CCC(=O)OC[C@@H](O)[C@@H](O)[C@H](O)[C@H](O)CO)cc3c1F)CNC2. The molecule has 0 saturated carbocycles. The fourth-order valence-corrected chi connectivity index (χ4v) is 5.89. The summed E-state index contributed by atoms with van der Waals surface area (Å²) in [5, 5.41) is 50.7. The number of aliphatic hydroxyl groups is 5. The van der Waals surface area contributed by atoms with Crippen LogP contribution in [0.4, 0.5) is 8.78 Å². The van der Waals surface area contributed by atoms with E-state index in [1.54, 1.807) is 6.07 Å². The molecule has 4 atom stereocenters. The summed E-state index contributed by atoms with van der Waals surface area (Å²) in [6.07, 6.45) is -7.68.